The van der Waals surface area contributed by atoms with Gasteiger partial charge in [0, 0.05) is 23.3 Å². The van der Waals surface area contributed by atoms with Gasteiger partial charge in [-0.2, -0.15) is 5.26 Å². The average molecular weight is 349 g/mol. The van der Waals surface area contributed by atoms with Gasteiger partial charge in [0.2, 0.25) is 0 Å². The Hall–Kier alpha value is -3.17. The van der Waals surface area contributed by atoms with E-state index in [4.69, 9.17) is 4.74 Å². The van der Waals surface area contributed by atoms with Gasteiger partial charge in [0.1, 0.15) is 11.1 Å². The predicted molar refractivity (Wildman–Crippen MR) is 98.1 cm³/mol. The summed E-state index contributed by atoms with van der Waals surface area (Å²) in [4.78, 5) is 8.54. The summed E-state index contributed by atoms with van der Waals surface area (Å²) >= 11 is 1.41. The van der Waals surface area contributed by atoms with Crippen molar-refractivity contribution in [3.05, 3.63) is 58.7 Å². The molecule has 0 aliphatic heterocycles. The van der Waals surface area contributed by atoms with E-state index in [0.29, 0.717) is 22.9 Å². The van der Waals surface area contributed by atoms with Gasteiger partial charge in [0.05, 0.1) is 17.9 Å². The average Bonchev–Trinajstić information content (AvgIpc) is 3.13. The molecule has 0 saturated carbocycles. The molecular weight excluding hydrogens is 334 g/mol. The highest BCUT2D eigenvalue weighted by Gasteiger charge is 2.10. The third kappa shape index (κ3) is 3.84. The Morgan fingerprint density at radius 2 is 2.12 bits per heavy atom. The molecule has 0 spiro atoms. The van der Waals surface area contributed by atoms with Crippen molar-refractivity contribution in [1.82, 2.24) is 9.97 Å². The van der Waals surface area contributed by atoms with Crippen LogP contribution < -0.4 is 4.74 Å². The fourth-order valence-corrected chi connectivity index (χ4v) is 3.05. The Morgan fingerprint density at radius 1 is 1.32 bits per heavy atom. The van der Waals surface area contributed by atoms with Crippen molar-refractivity contribution in [3.8, 4) is 28.8 Å². The van der Waals surface area contributed by atoms with Crippen LogP contribution >= 0.6 is 11.3 Å². The van der Waals surface area contributed by atoms with Crippen LogP contribution in [0.15, 0.2) is 48.1 Å². The number of allylic oxidation sites excluding steroid dienone is 1. The second-order valence-corrected chi connectivity index (χ2v) is 5.96. The molecule has 0 fully saturated rings. The van der Waals surface area contributed by atoms with E-state index in [1.54, 1.807) is 36.7 Å². The highest BCUT2D eigenvalue weighted by Crippen LogP contribution is 2.30. The fraction of sp³-hybridized carbons (Fsp3) is 0.105. The quantitative estimate of drug-likeness (QED) is 0.692. The first-order chi connectivity index (χ1) is 12.2. The van der Waals surface area contributed by atoms with E-state index in [1.807, 2.05) is 24.4 Å². The fourth-order valence-electron chi connectivity index (χ4n) is 2.25. The molecule has 5 nitrogen and oxygen atoms in total. The summed E-state index contributed by atoms with van der Waals surface area (Å²) in [5.74, 6) is 0.469. The van der Waals surface area contributed by atoms with Crippen LogP contribution in [-0.4, -0.2) is 21.7 Å². The molecule has 0 aliphatic carbocycles. The zero-order chi connectivity index (χ0) is 17.6. The number of nitriles is 1. The minimum absolute atomic E-state index is 0.0757. The molecule has 25 heavy (non-hydrogen) atoms. The van der Waals surface area contributed by atoms with E-state index in [1.165, 1.54) is 11.3 Å². The Kier molecular flexibility index (Phi) is 5.07. The molecule has 1 N–H and O–H groups in total. The second kappa shape index (κ2) is 7.60. The van der Waals surface area contributed by atoms with Crippen LogP contribution in [0.3, 0.4) is 0 Å². The molecule has 124 valence electrons. The topological polar surface area (TPSA) is 79.0 Å². The van der Waals surface area contributed by atoms with Gasteiger partial charge in [-0.3, -0.25) is 4.98 Å². The van der Waals surface area contributed by atoms with Gasteiger partial charge in [0.25, 0.3) is 0 Å². The molecule has 0 saturated heterocycles. The van der Waals surface area contributed by atoms with E-state index in [9.17, 15) is 10.4 Å². The number of rotatable bonds is 5. The third-order valence-corrected chi connectivity index (χ3v) is 4.30. The summed E-state index contributed by atoms with van der Waals surface area (Å²) in [7, 11) is 0. The SMILES string of the molecule is CCOc1cc(/C=C(/C#N)c2nc(-c3ccncc3)cs2)ccc1O. The molecule has 0 radical (unpaired) electrons. The van der Waals surface area contributed by atoms with Crippen LogP contribution in [0.1, 0.15) is 17.5 Å². The van der Waals surface area contributed by atoms with Gasteiger partial charge < -0.3 is 9.84 Å². The molecule has 1 aromatic carbocycles. The number of nitrogens with zero attached hydrogens (tertiary/aromatic N) is 3. The maximum absolute atomic E-state index is 9.78. The first kappa shape index (κ1) is 16.7. The standard InChI is InChI=1S/C19H15N3O2S/c1-2-24-18-10-13(3-4-17(18)23)9-15(11-20)19-22-16(12-25-19)14-5-7-21-8-6-14/h3-10,12,23H,2H2,1H3/b15-9-. The number of phenols is 1. The van der Waals surface area contributed by atoms with Crippen LogP contribution in [0.4, 0.5) is 0 Å². The minimum Gasteiger partial charge on any atom is -0.504 e. The van der Waals surface area contributed by atoms with Gasteiger partial charge in [-0.1, -0.05) is 6.07 Å². The van der Waals surface area contributed by atoms with E-state index < -0.39 is 0 Å². The largest absolute Gasteiger partial charge is 0.504 e. The second-order valence-electron chi connectivity index (χ2n) is 5.10. The summed E-state index contributed by atoms with van der Waals surface area (Å²) in [5.41, 5.74) is 2.99. The Morgan fingerprint density at radius 3 is 2.84 bits per heavy atom. The predicted octanol–water partition coefficient (Wildman–Crippen LogP) is 4.37. The number of phenolic OH excluding ortho intramolecular Hbond substituents is 1. The first-order valence-corrected chi connectivity index (χ1v) is 8.53. The van der Waals surface area contributed by atoms with Gasteiger partial charge in [-0.15, -0.1) is 11.3 Å². The summed E-state index contributed by atoms with van der Waals surface area (Å²) in [6, 6.07) is 10.9. The highest BCUT2D eigenvalue weighted by atomic mass is 32.1. The summed E-state index contributed by atoms with van der Waals surface area (Å²) in [6.45, 7) is 2.30. The van der Waals surface area contributed by atoms with Gasteiger partial charge in [-0.05, 0) is 42.8 Å². The van der Waals surface area contributed by atoms with Crippen LogP contribution in [0.25, 0.3) is 22.9 Å². The van der Waals surface area contributed by atoms with Gasteiger partial charge in [-0.25, -0.2) is 4.98 Å². The van der Waals surface area contributed by atoms with Crippen molar-refractivity contribution < 1.29 is 9.84 Å². The molecule has 2 heterocycles. The van der Waals surface area contributed by atoms with Crippen LogP contribution in [0, 0.1) is 11.3 Å². The molecule has 2 aromatic heterocycles. The smallest absolute Gasteiger partial charge is 0.161 e. The maximum atomic E-state index is 9.78. The van der Waals surface area contributed by atoms with Crippen molar-refractivity contribution in [1.29, 1.82) is 5.26 Å². The lowest BCUT2D eigenvalue weighted by atomic mass is 10.1. The lowest BCUT2D eigenvalue weighted by molar-refractivity contribution is 0.318. The minimum atomic E-state index is 0.0757. The Bertz CT molecular complexity index is 943. The number of aromatic hydroxyl groups is 1. The summed E-state index contributed by atoms with van der Waals surface area (Å²) in [5, 5.41) is 21.8. The Balaban J connectivity index is 1.93. The number of ether oxygens (including phenoxy) is 1. The first-order valence-electron chi connectivity index (χ1n) is 7.65. The van der Waals surface area contributed by atoms with Crippen LogP contribution in [0.5, 0.6) is 11.5 Å². The number of hydrogen-bond donors (Lipinski definition) is 1. The van der Waals surface area contributed by atoms with Crippen molar-refractivity contribution in [2.75, 3.05) is 6.61 Å². The maximum Gasteiger partial charge on any atom is 0.161 e. The molecule has 0 amide bonds. The van der Waals surface area contributed by atoms with E-state index in [-0.39, 0.29) is 5.75 Å². The monoisotopic (exact) mass is 349 g/mol. The lowest BCUT2D eigenvalue weighted by Crippen LogP contribution is -1.92. The van der Waals surface area contributed by atoms with Crippen molar-refractivity contribution in [2.24, 2.45) is 0 Å². The Labute approximate surface area is 149 Å². The van der Waals surface area contributed by atoms with E-state index in [0.717, 1.165) is 16.8 Å². The van der Waals surface area contributed by atoms with Gasteiger partial charge in [0.15, 0.2) is 11.5 Å². The zero-order valence-electron chi connectivity index (χ0n) is 13.5. The van der Waals surface area contributed by atoms with E-state index >= 15 is 0 Å². The summed E-state index contributed by atoms with van der Waals surface area (Å²) < 4.78 is 5.38. The number of thiazole rings is 1. The molecule has 3 aromatic rings. The normalized spacial score (nSPS) is 11.1. The van der Waals surface area contributed by atoms with Crippen molar-refractivity contribution >= 4 is 23.0 Å². The number of pyridine rings is 1. The molecule has 3 rings (SSSR count). The lowest BCUT2D eigenvalue weighted by Gasteiger charge is -2.06. The van der Waals surface area contributed by atoms with Crippen molar-refractivity contribution in [3.63, 3.8) is 0 Å². The van der Waals surface area contributed by atoms with Crippen molar-refractivity contribution in [2.45, 2.75) is 6.92 Å². The third-order valence-electron chi connectivity index (χ3n) is 3.43. The number of hydrogen-bond acceptors (Lipinski definition) is 6. The molecule has 0 aliphatic rings. The molecule has 6 heteroatoms. The number of benzene rings is 1. The highest BCUT2D eigenvalue weighted by molar-refractivity contribution is 7.11. The molecular formula is C19H15N3O2S. The molecule has 0 atom stereocenters. The molecule has 0 bridgehead atoms. The van der Waals surface area contributed by atoms with Crippen LogP contribution in [0.2, 0.25) is 0 Å². The summed E-state index contributed by atoms with van der Waals surface area (Å²) in [6.07, 6.45) is 5.15. The molecule has 0 unspecified atom stereocenters. The van der Waals surface area contributed by atoms with Crippen LogP contribution in [-0.2, 0) is 0 Å². The number of aromatic nitrogens is 2. The zero-order valence-corrected chi connectivity index (χ0v) is 14.3. The van der Waals surface area contributed by atoms with Gasteiger partial charge >= 0.3 is 0 Å². The van der Waals surface area contributed by atoms with E-state index in [2.05, 4.69) is 16.0 Å².